The van der Waals surface area contributed by atoms with Crippen molar-refractivity contribution in [2.75, 3.05) is 6.61 Å². The number of benzene rings is 4. The zero-order valence-electron chi connectivity index (χ0n) is 18.5. The van der Waals surface area contributed by atoms with Crippen molar-refractivity contribution in [3.05, 3.63) is 138 Å². The molecule has 4 nitrogen and oxygen atoms in total. The molecule has 0 aliphatic heterocycles. The molecule has 0 heterocycles. The van der Waals surface area contributed by atoms with Crippen molar-refractivity contribution in [3.8, 4) is 0 Å². The van der Waals surface area contributed by atoms with Crippen molar-refractivity contribution in [2.45, 2.75) is 16.2 Å². The largest absolute Gasteiger partial charge is 0.454 e. The lowest BCUT2D eigenvalue weighted by molar-refractivity contribution is -0.148. The predicted octanol–water partition coefficient (Wildman–Crippen LogP) is 5.97. The zero-order chi connectivity index (χ0) is 23.6. The first-order chi connectivity index (χ1) is 16.7. The Morgan fingerprint density at radius 2 is 1.09 bits per heavy atom. The molecule has 0 spiro atoms. The molecule has 0 bridgehead atoms. The van der Waals surface area contributed by atoms with Crippen LogP contribution in [0.3, 0.4) is 0 Å². The molecule has 0 fully saturated rings. The highest BCUT2D eigenvalue weighted by molar-refractivity contribution is 8.00. The van der Waals surface area contributed by atoms with Gasteiger partial charge in [0.2, 0.25) is 0 Å². The first-order valence-electron chi connectivity index (χ1n) is 11.0. The molecule has 170 valence electrons. The Morgan fingerprint density at radius 1 is 0.647 bits per heavy atom. The predicted molar refractivity (Wildman–Crippen MR) is 135 cm³/mol. The summed E-state index contributed by atoms with van der Waals surface area (Å²) in [4.78, 5) is 26.8. The van der Waals surface area contributed by atoms with Gasteiger partial charge >= 0.3 is 5.97 Å². The van der Waals surface area contributed by atoms with Crippen LogP contribution in [0.1, 0.15) is 28.0 Å². The average molecular weight is 468 g/mol. The van der Waals surface area contributed by atoms with Crippen LogP contribution in [0, 0.1) is 0 Å². The molecule has 0 radical (unpaired) electrons. The molecule has 0 saturated carbocycles. The average Bonchev–Trinajstić information content (AvgIpc) is 2.91. The lowest BCUT2D eigenvalue weighted by Crippen LogP contribution is -2.33. The first kappa shape index (κ1) is 23.3. The number of hydrogen-bond donors (Lipinski definition) is 1. The molecule has 0 aliphatic carbocycles. The van der Waals surface area contributed by atoms with Crippen LogP contribution in [0.4, 0.5) is 0 Å². The van der Waals surface area contributed by atoms with Crippen molar-refractivity contribution in [1.29, 1.82) is 0 Å². The van der Waals surface area contributed by atoms with Crippen LogP contribution >= 0.6 is 11.8 Å². The summed E-state index contributed by atoms with van der Waals surface area (Å²) < 4.78 is 5.49. The van der Waals surface area contributed by atoms with Crippen LogP contribution in [0.2, 0.25) is 0 Å². The van der Waals surface area contributed by atoms with Gasteiger partial charge in [0.25, 0.3) is 5.91 Å². The van der Waals surface area contributed by atoms with Gasteiger partial charge in [-0.15, -0.1) is 11.8 Å². The van der Waals surface area contributed by atoms with E-state index in [1.807, 2.05) is 121 Å². The van der Waals surface area contributed by atoms with Crippen LogP contribution in [0.15, 0.2) is 126 Å². The monoisotopic (exact) mass is 467 g/mol. The minimum atomic E-state index is -0.574. The van der Waals surface area contributed by atoms with Crippen LogP contribution < -0.4 is 5.32 Å². The van der Waals surface area contributed by atoms with E-state index in [-0.39, 0.29) is 18.6 Å². The number of esters is 1. The highest BCUT2D eigenvalue weighted by Gasteiger charge is 2.25. The second-order valence-corrected chi connectivity index (χ2v) is 8.83. The highest BCUT2D eigenvalue weighted by atomic mass is 32.2. The van der Waals surface area contributed by atoms with Gasteiger partial charge < -0.3 is 10.1 Å². The van der Waals surface area contributed by atoms with Gasteiger partial charge in [-0.05, 0) is 28.8 Å². The number of rotatable bonds is 9. The van der Waals surface area contributed by atoms with Gasteiger partial charge in [0, 0.05) is 4.90 Å². The molecular formula is C29H25NO3S. The molecule has 1 N–H and O–H groups in total. The van der Waals surface area contributed by atoms with Gasteiger partial charge in [-0.1, -0.05) is 109 Å². The third-order valence-electron chi connectivity index (χ3n) is 5.23. The lowest BCUT2D eigenvalue weighted by Gasteiger charge is -2.20. The number of nitrogens with one attached hydrogen (secondary N) is 1. The van der Waals surface area contributed by atoms with Gasteiger partial charge in [-0.3, -0.25) is 9.59 Å². The number of carbonyl (C=O) groups excluding carboxylic acids is 2. The molecule has 0 aromatic heterocycles. The standard InChI is InChI=1S/C29H25NO3S/c31-26(30-27(22-13-5-1-6-14-22)23-15-7-2-8-16-23)21-33-29(32)28(24-17-9-3-10-18-24)34-25-19-11-4-12-20-25/h1-20,27-28H,21H2,(H,30,31)/t28-/m0/s1. The third kappa shape index (κ3) is 6.36. The van der Waals surface area contributed by atoms with Crippen LogP contribution in [-0.2, 0) is 14.3 Å². The fourth-order valence-electron chi connectivity index (χ4n) is 3.58. The molecule has 0 unspecified atom stereocenters. The number of carbonyl (C=O) groups is 2. The summed E-state index contributed by atoms with van der Waals surface area (Å²) in [6.07, 6.45) is 0. The van der Waals surface area contributed by atoms with E-state index in [0.29, 0.717) is 0 Å². The second kappa shape index (κ2) is 11.9. The Kier molecular flexibility index (Phi) is 8.14. The van der Waals surface area contributed by atoms with Gasteiger partial charge in [0.15, 0.2) is 6.61 Å². The SMILES string of the molecule is O=C(COC(=O)[C@@H](Sc1ccccc1)c1ccccc1)NC(c1ccccc1)c1ccccc1. The molecule has 4 aromatic rings. The van der Waals surface area contributed by atoms with Gasteiger partial charge in [-0.2, -0.15) is 0 Å². The molecule has 4 rings (SSSR count). The summed E-state index contributed by atoms with van der Waals surface area (Å²) >= 11 is 1.40. The Hall–Kier alpha value is -3.83. The summed E-state index contributed by atoms with van der Waals surface area (Å²) in [7, 11) is 0. The molecule has 1 atom stereocenters. The summed E-state index contributed by atoms with van der Waals surface area (Å²) in [5.41, 5.74) is 2.73. The normalized spacial score (nSPS) is 11.6. The van der Waals surface area contributed by atoms with E-state index in [9.17, 15) is 9.59 Å². The fourth-order valence-corrected chi connectivity index (χ4v) is 4.62. The minimum absolute atomic E-state index is 0.336. The Bertz CT molecular complexity index is 1150. The van der Waals surface area contributed by atoms with Crippen LogP contribution in [0.25, 0.3) is 0 Å². The Labute approximate surface area is 204 Å². The van der Waals surface area contributed by atoms with E-state index in [1.54, 1.807) is 0 Å². The minimum Gasteiger partial charge on any atom is -0.454 e. The number of thioether (sulfide) groups is 1. The van der Waals surface area contributed by atoms with Crippen LogP contribution in [-0.4, -0.2) is 18.5 Å². The van der Waals surface area contributed by atoms with Crippen molar-refractivity contribution in [1.82, 2.24) is 5.32 Å². The fraction of sp³-hybridized carbons (Fsp3) is 0.103. The molecule has 0 aliphatic rings. The first-order valence-corrected chi connectivity index (χ1v) is 11.9. The van der Waals surface area contributed by atoms with E-state index >= 15 is 0 Å². The summed E-state index contributed by atoms with van der Waals surface area (Å²) in [5, 5.41) is 2.44. The van der Waals surface area contributed by atoms with Crippen molar-refractivity contribution in [2.24, 2.45) is 0 Å². The van der Waals surface area contributed by atoms with Crippen molar-refractivity contribution < 1.29 is 14.3 Å². The maximum Gasteiger partial charge on any atom is 0.324 e. The van der Waals surface area contributed by atoms with E-state index < -0.39 is 11.2 Å². The second-order valence-electron chi connectivity index (χ2n) is 7.65. The maximum atomic E-state index is 13.1. The summed E-state index contributed by atoms with van der Waals surface area (Å²) in [5.74, 6) is -0.811. The zero-order valence-corrected chi connectivity index (χ0v) is 19.4. The maximum absolute atomic E-state index is 13.1. The summed E-state index contributed by atoms with van der Waals surface area (Å²) in [6.45, 7) is -0.353. The smallest absolute Gasteiger partial charge is 0.324 e. The highest BCUT2D eigenvalue weighted by Crippen LogP contribution is 2.36. The lowest BCUT2D eigenvalue weighted by atomic mass is 9.99. The quantitative estimate of drug-likeness (QED) is 0.243. The Balaban J connectivity index is 1.45. The van der Waals surface area contributed by atoms with E-state index in [1.165, 1.54) is 11.8 Å². The number of amides is 1. The Morgan fingerprint density at radius 3 is 1.59 bits per heavy atom. The molecule has 4 aromatic carbocycles. The van der Waals surface area contributed by atoms with Gasteiger partial charge in [0.1, 0.15) is 5.25 Å². The molecular weight excluding hydrogens is 442 g/mol. The molecule has 0 saturated heterocycles. The topological polar surface area (TPSA) is 55.4 Å². The third-order valence-corrected chi connectivity index (χ3v) is 6.47. The van der Waals surface area contributed by atoms with E-state index in [0.717, 1.165) is 21.6 Å². The van der Waals surface area contributed by atoms with Crippen molar-refractivity contribution >= 4 is 23.6 Å². The molecule has 34 heavy (non-hydrogen) atoms. The van der Waals surface area contributed by atoms with Crippen molar-refractivity contribution in [3.63, 3.8) is 0 Å². The summed E-state index contributed by atoms with van der Waals surface area (Å²) in [6, 6.07) is 38.3. The number of ether oxygens (including phenoxy) is 1. The van der Waals surface area contributed by atoms with E-state index in [2.05, 4.69) is 5.32 Å². The van der Waals surface area contributed by atoms with Crippen LogP contribution in [0.5, 0.6) is 0 Å². The molecule has 5 heteroatoms. The van der Waals surface area contributed by atoms with Gasteiger partial charge in [-0.25, -0.2) is 0 Å². The molecule has 1 amide bonds. The van der Waals surface area contributed by atoms with Gasteiger partial charge in [0.05, 0.1) is 6.04 Å². The number of hydrogen-bond acceptors (Lipinski definition) is 4. The van der Waals surface area contributed by atoms with E-state index in [4.69, 9.17) is 4.74 Å².